The number of hydrogen-bond donors (Lipinski definition) is 1. The molecule has 0 saturated carbocycles. The SMILES string of the molecule is CN(C)C(=O)CNCc1ccc2c(c1)CCCN2C. The van der Waals surface area contributed by atoms with Crippen molar-refractivity contribution in [1.82, 2.24) is 10.2 Å². The summed E-state index contributed by atoms with van der Waals surface area (Å²) < 4.78 is 0. The molecule has 0 radical (unpaired) electrons. The topological polar surface area (TPSA) is 35.6 Å². The van der Waals surface area contributed by atoms with Crippen LogP contribution >= 0.6 is 0 Å². The van der Waals surface area contributed by atoms with Crippen molar-refractivity contribution < 1.29 is 4.79 Å². The van der Waals surface area contributed by atoms with Gasteiger partial charge in [0, 0.05) is 39.9 Å². The molecule has 1 heterocycles. The number of anilines is 1. The summed E-state index contributed by atoms with van der Waals surface area (Å²) in [5, 5.41) is 3.20. The predicted molar refractivity (Wildman–Crippen MR) is 78.4 cm³/mol. The van der Waals surface area contributed by atoms with Crippen LogP contribution in [0.4, 0.5) is 5.69 Å². The van der Waals surface area contributed by atoms with E-state index in [1.54, 1.807) is 19.0 Å². The van der Waals surface area contributed by atoms with E-state index in [9.17, 15) is 4.79 Å². The second-order valence-corrected chi connectivity index (χ2v) is 5.38. The van der Waals surface area contributed by atoms with Crippen LogP contribution in [0.3, 0.4) is 0 Å². The third kappa shape index (κ3) is 3.47. The Morgan fingerprint density at radius 1 is 1.42 bits per heavy atom. The van der Waals surface area contributed by atoms with Crippen LogP contribution in [-0.2, 0) is 17.8 Å². The zero-order chi connectivity index (χ0) is 13.8. The van der Waals surface area contributed by atoms with E-state index < -0.39 is 0 Å². The van der Waals surface area contributed by atoms with Gasteiger partial charge in [-0.1, -0.05) is 12.1 Å². The van der Waals surface area contributed by atoms with Crippen LogP contribution in [0.15, 0.2) is 18.2 Å². The summed E-state index contributed by atoms with van der Waals surface area (Å²) in [6.07, 6.45) is 2.38. The fourth-order valence-electron chi connectivity index (χ4n) is 2.42. The highest BCUT2D eigenvalue weighted by atomic mass is 16.2. The fourth-order valence-corrected chi connectivity index (χ4v) is 2.42. The number of carbonyl (C=O) groups excluding carboxylic acids is 1. The Labute approximate surface area is 115 Å². The molecule has 4 nitrogen and oxygen atoms in total. The molecule has 19 heavy (non-hydrogen) atoms. The van der Waals surface area contributed by atoms with Crippen LogP contribution in [0, 0.1) is 0 Å². The molecule has 1 amide bonds. The molecule has 0 bridgehead atoms. The van der Waals surface area contributed by atoms with Gasteiger partial charge in [0.05, 0.1) is 6.54 Å². The average molecular weight is 261 g/mol. The van der Waals surface area contributed by atoms with Gasteiger partial charge in [-0.2, -0.15) is 0 Å². The molecule has 104 valence electrons. The third-order valence-electron chi connectivity index (χ3n) is 3.60. The summed E-state index contributed by atoms with van der Waals surface area (Å²) in [4.78, 5) is 15.4. The normalized spacial score (nSPS) is 14.2. The van der Waals surface area contributed by atoms with Crippen molar-refractivity contribution in [2.75, 3.05) is 39.1 Å². The van der Waals surface area contributed by atoms with E-state index in [0.29, 0.717) is 6.54 Å². The number of rotatable bonds is 4. The minimum Gasteiger partial charge on any atom is -0.374 e. The molecule has 2 rings (SSSR count). The zero-order valence-corrected chi connectivity index (χ0v) is 12.1. The largest absolute Gasteiger partial charge is 0.374 e. The van der Waals surface area contributed by atoms with E-state index in [-0.39, 0.29) is 5.91 Å². The standard InChI is InChI=1S/C15H23N3O/c1-17(2)15(19)11-16-10-12-6-7-14-13(9-12)5-4-8-18(14)3/h6-7,9,16H,4-5,8,10-11H2,1-3H3. The van der Waals surface area contributed by atoms with Gasteiger partial charge in [-0.25, -0.2) is 0 Å². The van der Waals surface area contributed by atoms with Crippen LogP contribution in [0.5, 0.6) is 0 Å². The van der Waals surface area contributed by atoms with Crippen molar-refractivity contribution in [1.29, 1.82) is 0 Å². The van der Waals surface area contributed by atoms with Gasteiger partial charge in [0.15, 0.2) is 0 Å². The van der Waals surface area contributed by atoms with Crippen molar-refractivity contribution in [3.8, 4) is 0 Å². The lowest BCUT2D eigenvalue weighted by molar-refractivity contribution is -0.127. The van der Waals surface area contributed by atoms with Crippen molar-refractivity contribution in [2.45, 2.75) is 19.4 Å². The lowest BCUT2D eigenvalue weighted by Gasteiger charge is -2.27. The highest BCUT2D eigenvalue weighted by Crippen LogP contribution is 2.26. The average Bonchev–Trinajstić information content (AvgIpc) is 2.38. The third-order valence-corrected chi connectivity index (χ3v) is 3.60. The monoisotopic (exact) mass is 261 g/mol. The first-order chi connectivity index (χ1) is 9.08. The summed E-state index contributed by atoms with van der Waals surface area (Å²) >= 11 is 0. The smallest absolute Gasteiger partial charge is 0.236 e. The predicted octanol–water partition coefficient (Wildman–Crippen LogP) is 1.25. The van der Waals surface area contributed by atoms with Gasteiger partial charge >= 0.3 is 0 Å². The van der Waals surface area contributed by atoms with Crippen molar-refractivity contribution in [3.05, 3.63) is 29.3 Å². The number of hydrogen-bond acceptors (Lipinski definition) is 3. The lowest BCUT2D eigenvalue weighted by atomic mass is 9.99. The maximum absolute atomic E-state index is 11.5. The Balaban J connectivity index is 1.93. The molecule has 1 N–H and O–H groups in total. The number of nitrogens with zero attached hydrogens (tertiary/aromatic N) is 2. The van der Waals surface area contributed by atoms with Gasteiger partial charge in [-0.3, -0.25) is 4.79 Å². The van der Waals surface area contributed by atoms with Gasteiger partial charge in [-0.15, -0.1) is 0 Å². The van der Waals surface area contributed by atoms with Crippen LogP contribution in [0.25, 0.3) is 0 Å². The Morgan fingerprint density at radius 3 is 2.95 bits per heavy atom. The molecule has 4 heteroatoms. The van der Waals surface area contributed by atoms with Gasteiger partial charge in [-0.05, 0) is 30.0 Å². The van der Waals surface area contributed by atoms with E-state index in [4.69, 9.17) is 0 Å². The van der Waals surface area contributed by atoms with Crippen molar-refractivity contribution >= 4 is 11.6 Å². The Kier molecular flexibility index (Phi) is 4.43. The Bertz CT molecular complexity index is 457. The Morgan fingerprint density at radius 2 is 2.21 bits per heavy atom. The second-order valence-electron chi connectivity index (χ2n) is 5.38. The first kappa shape index (κ1) is 13.9. The van der Waals surface area contributed by atoms with Gasteiger partial charge in [0.2, 0.25) is 5.91 Å². The Hall–Kier alpha value is -1.55. The van der Waals surface area contributed by atoms with E-state index in [2.05, 4.69) is 35.5 Å². The molecule has 1 aromatic carbocycles. The zero-order valence-electron chi connectivity index (χ0n) is 12.1. The van der Waals surface area contributed by atoms with Crippen LogP contribution < -0.4 is 10.2 Å². The molecule has 0 aromatic heterocycles. The molecular formula is C15H23N3O. The maximum atomic E-state index is 11.5. The molecule has 0 fully saturated rings. The first-order valence-electron chi connectivity index (χ1n) is 6.82. The van der Waals surface area contributed by atoms with E-state index in [1.807, 2.05) is 0 Å². The highest BCUT2D eigenvalue weighted by Gasteiger charge is 2.13. The molecule has 1 aliphatic rings. The number of aryl methyl sites for hydroxylation is 1. The summed E-state index contributed by atoms with van der Waals surface area (Å²) in [5.41, 5.74) is 4.02. The van der Waals surface area contributed by atoms with Crippen LogP contribution in [0.2, 0.25) is 0 Å². The number of benzene rings is 1. The number of amides is 1. The van der Waals surface area contributed by atoms with E-state index in [1.165, 1.54) is 23.2 Å². The molecular weight excluding hydrogens is 238 g/mol. The lowest BCUT2D eigenvalue weighted by Crippen LogP contribution is -2.32. The molecule has 0 saturated heterocycles. The minimum absolute atomic E-state index is 0.109. The number of nitrogens with one attached hydrogen (secondary N) is 1. The van der Waals surface area contributed by atoms with Crippen molar-refractivity contribution in [2.24, 2.45) is 0 Å². The minimum atomic E-state index is 0.109. The van der Waals surface area contributed by atoms with E-state index >= 15 is 0 Å². The number of fused-ring (bicyclic) bond motifs is 1. The molecule has 1 aliphatic heterocycles. The van der Waals surface area contributed by atoms with Gasteiger partial charge < -0.3 is 15.1 Å². The quantitative estimate of drug-likeness (QED) is 0.886. The molecule has 0 spiro atoms. The first-order valence-corrected chi connectivity index (χ1v) is 6.82. The second kappa shape index (κ2) is 6.06. The van der Waals surface area contributed by atoms with Gasteiger partial charge in [0.25, 0.3) is 0 Å². The maximum Gasteiger partial charge on any atom is 0.236 e. The molecule has 0 aliphatic carbocycles. The van der Waals surface area contributed by atoms with Gasteiger partial charge in [0.1, 0.15) is 0 Å². The molecule has 0 unspecified atom stereocenters. The summed E-state index contributed by atoms with van der Waals surface area (Å²) in [6, 6.07) is 6.60. The highest BCUT2D eigenvalue weighted by molar-refractivity contribution is 5.77. The van der Waals surface area contributed by atoms with Crippen LogP contribution in [0.1, 0.15) is 17.5 Å². The number of carbonyl (C=O) groups is 1. The molecule has 0 atom stereocenters. The fraction of sp³-hybridized carbons (Fsp3) is 0.533. The molecule has 1 aromatic rings. The summed E-state index contributed by atoms with van der Waals surface area (Å²) in [5.74, 6) is 0.109. The summed E-state index contributed by atoms with van der Waals surface area (Å²) in [7, 11) is 5.70. The number of likely N-dealkylation sites (N-methyl/N-ethyl adjacent to an activating group) is 1. The summed E-state index contributed by atoms with van der Waals surface area (Å²) in [6.45, 7) is 2.28. The van der Waals surface area contributed by atoms with E-state index in [0.717, 1.165) is 19.5 Å². The van der Waals surface area contributed by atoms with Crippen LogP contribution in [-0.4, -0.2) is 45.0 Å². The van der Waals surface area contributed by atoms with Crippen molar-refractivity contribution in [3.63, 3.8) is 0 Å².